The van der Waals surface area contributed by atoms with E-state index in [-0.39, 0.29) is 23.8 Å². The van der Waals surface area contributed by atoms with Crippen molar-refractivity contribution in [3.8, 4) is 0 Å². The van der Waals surface area contributed by atoms with Gasteiger partial charge in [-0.25, -0.2) is 4.79 Å². The molecule has 5 heteroatoms. The molecule has 1 aromatic rings. The second kappa shape index (κ2) is 4.73. The SMILES string of the molecule is CC1=C[C@@H](O/C=C2/C(=O)NC3c4ccccc4C[C@H]23)OC1=O. The van der Waals surface area contributed by atoms with Crippen LogP contribution >= 0.6 is 0 Å². The summed E-state index contributed by atoms with van der Waals surface area (Å²) in [6, 6.07) is 8.14. The Kier molecular flexibility index (Phi) is 2.82. The lowest BCUT2D eigenvalue weighted by atomic mass is 9.97. The molecule has 0 bridgehead atoms. The van der Waals surface area contributed by atoms with Gasteiger partial charge in [0.25, 0.3) is 12.2 Å². The highest BCUT2D eigenvalue weighted by atomic mass is 16.7. The number of carbonyl (C=O) groups excluding carboxylic acids is 2. The summed E-state index contributed by atoms with van der Waals surface area (Å²) < 4.78 is 10.5. The fourth-order valence-electron chi connectivity index (χ4n) is 3.31. The standard InChI is InChI=1S/C17H15NO4/c1-9-6-14(22-17(9)20)21-8-13-12-7-10-4-2-3-5-11(10)15(12)18-16(13)19/h2-6,8,12,14-15H,7H2,1H3,(H,18,19)/b13-8+/t12-,14+,15?/m1/s1. The highest BCUT2D eigenvalue weighted by molar-refractivity contribution is 5.97. The molecule has 5 nitrogen and oxygen atoms in total. The molecule has 3 aliphatic rings. The van der Waals surface area contributed by atoms with Crippen LogP contribution in [-0.4, -0.2) is 18.2 Å². The topological polar surface area (TPSA) is 64.6 Å². The van der Waals surface area contributed by atoms with Crippen molar-refractivity contribution >= 4 is 11.9 Å². The number of ether oxygens (including phenoxy) is 2. The minimum Gasteiger partial charge on any atom is -0.458 e. The van der Waals surface area contributed by atoms with Gasteiger partial charge in [0.15, 0.2) is 0 Å². The quantitative estimate of drug-likeness (QED) is 0.513. The van der Waals surface area contributed by atoms with Crippen molar-refractivity contribution in [2.45, 2.75) is 25.7 Å². The van der Waals surface area contributed by atoms with Gasteiger partial charge in [-0.05, 0) is 24.5 Å². The van der Waals surface area contributed by atoms with Crippen LogP contribution in [-0.2, 0) is 25.5 Å². The van der Waals surface area contributed by atoms with E-state index in [4.69, 9.17) is 9.47 Å². The van der Waals surface area contributed by atoms with Crippen LogP contribution in [0.1, 0.15) is 24.1 Å². The molecule has 0 aromatic heterocycles. The molecule has 0 radical (unpaired) electrons. The van der Waals surface area contributed by atoms with E-state index in [2.05, 4.69) is 17.4 Å². The Bertz CT molecular complexity index is 734. The maximum absolute atomic E-state index is 12.1. The zero-order valence-corrected chi connectivity index (χ0v) is 12.0. The number of cyclic esters (lactones) is 1. The Morgan fingerprint density at radius 1 is 1.32 bits per heavy atom. The molecule has 1 amide bonds. The van der Waals surface area contributed by atoms with Crippen molar-refractivity contribution in [1.82, 2.24) is 5.32 Å². The molecule has 112 valence electrons. The van der Waals surface area contributed by atoms with Gasteiger partial charge in [0.1, 0.15) is 0 Å². The van der Waals surface area contributed by atoms with Crippen LogP contribution in [0.25, 0.3) is 0 Å². The van der Waals surface area contributed by atoms with Gasteiger partial charge < -0.3 is 14.8 Å². The average Bonchev–Trinajstić information content (AvgIpc) is 3.10. The predicted molar refractivity (Wildman–Crippen MR) is 77.3 cm³/mol. The zero-order valence-electron chi connectivity index (χ0n) is 12.0. The first-order chi connectivity index (χ1) is 10.6. The van der Waals surface area contributed by atoms with Crippen LogP contribution in [0.5, 0.6) is 0 Å². The molecule has 1 aliphatic carbocycles. The predicted octanol–water partition coefficient (Wildman–Crippen LogP) is 1.76. The maximum atomic E-state index is 12.1. The fourth-order valence-corrected chi connectivity index (χ4v) is 3.31. The first kappa shape index (κ1) is 13.1. The molecule has 2 heterocycles. The number of nitrogens with one attached hydrogen (secondary N) is 1. The van der Waals surface area contributed by atoms with E-state index in [0.29, 0.717) is 11.1 Å². The third kappa shape index (κ3) is 1.93. The number of benzene rings is 1. The van der Waals surface area contributed by atoms with Crippen LogP contribution in [0, 0.1) is 5.92 Å². The molecule has 1 unspecified atom stereocenters. The van der Waals surface area contributed by atoms with Crippen LogP contribution < -0.4 is 5.32 Å². The zero-order chi connectivity index (χ0) is 15.3. The van der Waals surface area contributed by atoms with E-state index in [1.807, 2.05) is 12.1 Å². The molecule has 0 spiro atoms. The van der Waals surface area contributed by atoms with Crippen molar-refractivity contribution < 1.29 is 19.1 Å². The van der Waals surface area contributed by atoms with Gasteiger partial charge in [-0.1, -0.05) is 24.3 Å². The molecular weight excluding hydrogens is 282 g/mol. The minimum absolute atomic E-state index is 0.0157. The minimum atomic E-state index is -0.740. The summed E-state index contributed by atoms with van der Waals surface area (Å²) in [6.07, 6.45) is 3.12. The molecular formula is C17H15NO4. The van der Waals surface area contributed by atoms with E-state index in [0.717, 1.165) is 6.42 Å². The van der Waals surface area contributed by atoms with Gasteiger partial charge in [0, 0.05) is 17.6 Å². The largest absolute Gasteiger partial charge is 0.458 e. The van der Waals surface area contributed by atoms with Crippen molar-refractivity contribution in [3.63, 3.8) is 0 Å². The van der Waals surface area contributed by atoms with E-state index >= 15 is 0 Å². The van der Waals surface area contributed by atoms with Gasteiger partial charge in [0.2, 0.25) is 0 Å². The molecule has 1 N–H and O–H groups in total. The van der Waals surface area contributed by atoms with Gasteiger partial charge in [-0.3, -0.25) is 4.79 Å². The second-order valence-electron chi connectivity index (χ2n) is 5.79. The summed E-state index contributed by atoms with van der Waals surface area (Å²) in [5.41, 5.74) is 3.55. The van der Waals surface area contributed by atoms with Crippen LogP contribution in [0.4, 0.5) is 0 Å². The van der Waals surface area contributed by atoms with Gasteiger partial charge >= 0.3 is 5.97 Å². The molecule has 3 atom stereocenters. The van der Waals surface area contributed by atoms with Crippen molar-refractivity contribution in [2.24, 2.45) is 5.92 Å². The Labute approximate surface area is 127 Å². The Balaban J connectivity index is 1.55. The smallest absolute Gasteiger partial charge is 0.336 e. The molecule has 1 aromatic carbocycles. The van der Waals surface area contributed by atoms with Crippen molar-refractivity contribution in [2.75, 3.05) is 0 Å². The molecule has 22 heavy (non-hydrogen) atoms. The fraction of sp³-hybridized carbons (Fsp3) is 0.294. The summed E-state index contributed by atoms with van der Waals surface area (Å²) in [5.74, 6) is -0.424. The number of fused-ring (bicyclic) bond motifs is 3. The molecule has 2 aliphatic heterocycles. The summed E-state index contributed by atoms with van der Waals surface area (Å²) in [6.45, 7) is 1.67. The number of hydrogen-bond donors (Lipinski definition) is 1. The molecule has 0 saturated carbocycles. The monoisotopic (exact) mass is 297 g/mol. The Hall–Kier alpha value is -2.56. The summed E-state index contributed by atoms with van der Waals surface area (Å²) >= 11 is 0. The van der Waals surface area contributed by atoms with E-state index in [9.17, 15) is 9.59 Å². The van der Waals surface area contributed by atoms with Crippen molar-refractivity contribution in [3.05, 3.63) is 58.9 Å². The first-order valence-electron chi connectivity index (χ1n) is 7.27. The number of rotatable bonds is 2. The lowest BCUT2D eigenvalue weighted by Crippen LogP contribution is -2.19. The summed E-state index contributed by atoms with van der Waals surface area (Å²) in [7, 11) is 0. The number of esters is 1. The number of carbonyl (C=O) groups is 2. The molecule has 4 rings (SSSR count). The Morgan fingerprint density at radius 2 is 2.14 bits per heavy atom. The van der Waals surface area contributed by atoms with Crippen LogP contribution in [0.3, 0.4) is 0 Å². The third-order valence-electron chi connectivity index (χ3n) is 4.44. The molecule has 1 fully saturated rings. The molecule has 1 saturated heterocycles. The summed E-state index contributed by atoms with van der Waals surface area (Å²) in [5, 5.41) is 3.00. The highest BCUT2D eigenvalue weighted by Crippen LogP contribution is 2.44. The van der Waals surface area contributed by atoms with E-state index in [1.54, 1.807) is 13.0 Å². The van der Waals surface area contributed by atoms with Gasteiger partial charge in [-0.2, -0.15) is 0 Å². The average molecular weight is 297 g/mol. The lowest BCUT2D eigenvalue weighted by molar-refractivity contribution is -0.152. The number of amides is 1. The maximum Gasteiger partial charge on any atom is 0.336 e. The normalized spacial score (nSPS) is 30.7. The van der Waals surface area contributed by atoms with Gasteiger partial charge in [-0.15, -0.1) is 0 Å². The van der Waals surface area contributed by atoms with Crippen LogP contribution in [0.2, 0.25) is 0 Å². The second-order valence-corrected chi connectivity index (χ2v) is 5.79. The van der Waals surface area contributed by atoms with Gasteiger partial charge in [0.05, 0.1) is 17.9 Å². The van der Waals surface area contributed by atoms with Crippen molar-refractivity contribution in [1.29, 1.82) is 0 Å². The summed E-state index contributed by atoms with van der Waals surface area (Å²) in [4.78, 5) is 23.5. The van der Waals surface area contributed by atoms with E-state index < -0.39 is 6.29 Å². The highest BCUT2D eigenvalue weighted by Gasteiger charge is 2.44. The van der Waals surface area contributed by atoms with Crippen LogP contribution in [0.15, 0.2) is 47.7 Å². The first-order valence-corrected chi connectivity index (χ1v) is 7.27. The Morgan fingerprint density at radius 3 is 2.91 bits per heavy atom. The lowest BCUT2D eigenvalue weighted by Gasteiger charge is -2.11. The van der Waals surface area contributed by atoms with E-state index in [1.165, 1.54) is 17.4 Å². The third-order valence-corrected chi connectivity index (χ3v) is 4.44. The number of hydrogen-bond acceptors (Lipinski definition) is 4.